The molecule has 8 nitrogen and oxygen atoms in total. The van der Waals surface area contributed by atoms with Crippen molar-refractivity contribution in [2.45, 2.75) is 51.1 Å². The highest BCUT2D eigenvalue weighted by molar-refractivity contribution is 5.84. The zero-order valence-electron chi connectivity index (χ0n) is 20.0. The van der Waals surface area contributed by atoms with Gasteiger partial charge in [-0.3, -0.25) is 0 Å². The Hall–Kier alpha value is -3.39. The molecule has 4 aromatic rings. The number of piperidine rings is 1. The van der Waals surface area contributed by atoms with Gasteiger partial charge < -0.3 is 24.9 Å². The summed E-state index contributed by atoms with van der Waals surface area (Å²) >= 11 is 0. The molecule has 0 spiro atoms. The van der Waals surface area contributed by atoms with Crippen molar-refractivity contribution < 1.29 is 4.42 Å². The number of aromatic nitrogens is 4. The Kier molecular flexibility index (Phi) is 6.36. The predicted octanol–water partition coefficient (Wildman–Crippen LogP) is 5.23. The lowest BCUT2D eigenvalue weighted by atomic mass is 9.98. The summed E-state index contributed by atoms with van der Waals surface area (Å²) in [5.74, 6) is 2.13. The van der Waals surface area contributed by atoms with Crippen molar-refractivity contribution in [2.75, 3.05) is 30.3 Å². The summed E-state index contributed by atoms with van der Waals surface area (Å²) in [4.78, 5) is 14.5. The third-order valence-electron chi connectivity index (χ3n) is 7.42. The van der Waals surface area contributed by atoms with E-state index in [4.69, 9.17) is 19.4 Å². The number of fused-ring (bicyclic) bond motifs is 1. The van der Waals surface area contributed by atoms with E-state index in [0.29, 0.717) is 24.5 Å². The van der Waals surface area contributed by atoms with Gasteiger partial charge in [0.2, 0.25) is 5.95 Å². The minimum Gasteiger partial charge on any atom is -0.472 e. The first-order valence-electron chi connectivity index (χ1n) is 12.9. The van der Waals surface area contributed by atoms with Crippen molar-refractivity contribution in [1.82, 2.24) is 24.8 Å². The van der Waals surface area contributed by atoms with E-state index in [1.54, 1.807) is 12.5 Å². The highest BCUT2D eigenvalue weighted by atomic mass is 16.3. The van der Waals surface area contributed by atoms with Crippen molar-refractivity contribution in [3.8, 4) is 11.1 Å². The number of imidazole rings is 1. The maximum Gasteiger partial charge on any atom is 0.226 e. The molecule has 4 heterocycles. The van der Waals surface area contributed by atoms with Gasteiger partial charge >= 0.3 is 0 Å². The number of furan rings is 1. The molecule has 0 amide bonds. The number of benzene rings is 1. The normalized spacial score (nSPS) is 17.3. The molecular weight excluding hydrogens is 438 g/mol. The summed E-state index contributed by atoms with van der Waals surface area (Å²) in [5.41, 5.74) is 5.19. The van der Waals surface area contributed by atoms with E-state index in [0.717, 1.165) is 47.7 Å². The molecule has 2 fully saturated rings. The maximum absolute atomic E-state index is 5.21. The molecule has 0 atom stereocenters. The van der Waals surface area contributed by atoms with Crippen molar-refractivity contribution in [3.05, 3.63) is 54.7 Å². The van der Waals surface area contributed by atoms with Crippen molar-refractivity contribution in [3.63, 3.8) is 0 Å². The van der Waals surface area contributed by atoms with E-state index < -0.39 is 0 Å². The van der Waals surface area contributed by atoms with Crippen LogP contribution in [0.2, 0.25) is 0 Å². The largest absolute Gasteiger partial charge is 0.472 e. The molecule has 0 unspecified atom stereocenters. The monoisotopic (exact) mass is 471 g/mol. The van der Waals surface area contributed by atoms with Crippen LogP contribution in [0.5, 0.6) is 0 Å². The highest BCUT2D eigenvalue weighted by Crippen LogP contribution is 2.33. The fourth-order valence-electron chi connectivity index (χ4n) is 5.32. The van der Waals surface area contributed by atoms with E-state index in [9.17, 15) is 0 Å². The lowest BCUT2D eigenvalue weighted by Gasteiger charge is -2.23. The molecule has 3 aromatic heterocycles. The molecule has 3 N–H and O–H groups in total. The van der Waals surface area contributed by atoms with Gasteiger partial charge in [0.15, 0.2) is 17.0 Å². The van der Waals surface area contributed by atoms with Gasteiger partial charge in [0, 0.05) is 24.7 Å². The average molecular weight is 472 g/mol. The first-order valence-corrected chi connectivity index (χ1v) is 12.9. The number of rotatable bonds is 8. The Morgan fingerprint density at radius 3 is 2.54 bits per heavy atom. The molecule has 182 valence electrons. The minimum atomic E-state index is 0.482. The lowest BCUT2D eigenvalue weighted by Crippen LogP contribution is -2.31. The van der Waals surface area contributed by atoms with E-state index in [2.05, 4.69) is 44.8 Å². The fourth-order valence-corrected chi connectivity index (χ4v) is 5.32. The van der Waals surface area contributed by atoms with E-state index >= 15 is 0 Å². The summed E-state index contributed by atoms with van der Waals surface area (Å²) < 4.78 is 7.48. The van der Waals surface area contributed by atoms with Crippen LogP contribution in [0.3, 0.4) is 0 Å². The third-order valence-corrected chi connectivity index (χ3v) is 7.42. The number of hydrogen-bond donors (Lipinski definition) is 3. The number of nitrogens with zero attached hydrogens (tertiary/aromatic N) is 4. The maximum atomic E-state index is 5.21. The number of anilines is 2. The van der Waals surface area contributed by atoms with Gasteiger partial charge in [-0.05, 0) is 61.9 Å². The van der Waals surface area contributed by atoms with E-state index in [-0.39, 0.29) is 0 Å². The van der Waals surface area contributed by atoms with Crippen molar-refractivity contribution in [1.29, 1.82) is 0 Å². The van der Waals surface area contributed by atoms with Gasteiger partial charge in [-0.25, -0.2) is 4.98 Å². The molecule has 8 heteroatoms. The van der Waals surface area contributed by atoms with Crippen LogP contribution in [0.4, 0.5) is 11.8 Å². The lowest BCUT2D eigenvalue weighted by molar-refractivity contribution is 0.389. The summed E-state index contributed by atoms with van der Waals surface area (Å²) in [5, 5.41) is 10.5. The van der Waals surface area contributed by atoms with Gasteiger partial charge in [-0.15, -0.1) is 0 Å². The second-order valence-electron chi connectivity index (χ2n) is 9.79. The zero-order chi connectivity index (χ0) is 23.5. The SMILES string of the molecule is c1cc(-c2ccc(CNc3nc(NCC4CCNCC4)nc4c3ncn4C3CCCC3)cc2)co1. The minimum absolute atomic E-state index is 0.482. The van der Waals surface area contributed by atoms with Gasteiger partial charge in [0.25, 0.3) is 0 Å². The van der Waals surface area contributed by atoms with Crippen LogP contribution in [0.15, 0.2) is 53.6 Å². The van der Waals surface area contributed by atoms with E-state index in [1.165, 1.54) is 44.1 Å². The summed E-state index contributed by atoms with van der Waals surface area (Å²) in [6.07, 6.45) is 12.7. The van der Waals surface area contributed by atoms with Gasteiger partial charge in [-0.2, -0.15) is 9.97 Å². The molecule has 6 rings (SSSR count). The molecule has 2 aliphatic rings. The van der Waals surface area contributed by atoms with Crippen LogP contribution in [-0.2, 0) is 6.54 Å². The third kappa shape index (κ3) is 4.89. The molecule has 1 aliphatic carbocycles. The molecular formula is C27H33N7O. The Balaban J connectivity index is 1.23. The molecule has 0 radical (unpaired) electrons. The topological polar surface area (TPSA) is 92.8 Å². The second-order valence-corrected chi connectivity index (χ2v) is 9.79. The first kappa shape index (κ1) is 22.1. The number of nitrogens with one attached hydrogen (secondary N) is 3. The van der Waals surface area contributed by atoms with Gasteiger partial charge in [0.05, 0.1) is 18.9 Å². The Morgan fingerprint density at radius 1 is 0.943 bits per heavy atom. The van der Waals surface area contributed by atoms with Crippen molar-refractivity contribution >= 4 is 22.9 Å². The molecule has 1 saturated carbocycles. The second kappa shape index (κ2) is 10.1. The fraction of sp³-hybridized carbons (Fsp3) is 0.444. The highest BCUT2D eigenvalue weighted by Gasteiger charge is 2.22. The van der Waals surface area contributed by atoms with Gasteiger partial charge in [0.1, 0.15) is 0 Å². The van der Waals surface area contributed by atoms with Crippen LogP contribution >= 0.6 is 0 Å². The van der Waals surface area contributed by atoms with E-state index in [1.807, 2.05) is 12.4 Å². The van der Waals surface area contributed by atoms with Crippen molar-refractivity contribution in [2.24, 2.45) is 5.92 Å². The molecule has 1 aromatic carbocycles. The Bertz CT molecular complexity index is 1240. The number of hydrogen-bond acceptors (Lipinski definition) is 7. The molecule has 0 bridgehead atoms. The smallest absolute Gasteiger partial charge is 0.226 e. The average Bonchev–Trinajstić information content (AvgIpc) is 3.69. The summed E-state index contributed by atoms with van der Waals surface area (Å²) in [6.45, 7) is 3.75. The zero-order valence-corrected chi connectivity index (χ0v) is 20.0. The Morgan fingerprint density at radius 2 is 1.77 bits per heavy atom. The summed E-state index contributed by atoms with van der Waals surface area (Å²) in [6, 6.07) is 11.0. The molecule has 1 aliphatic heterocycles. The van der Waals surface area contributed by atoms with Gasteiger partial charge in [-0.1, -0.05) is 37.1 Å². The molecule has 35 heavy (non-hydrogen) atoms. The van der Waals surface area contributed by atoms with Crippen LogP contribution in [0, 0.1) is 5.92 Å². The molecule has 1 saturated heterocycles. The quantitative estimate of drug-likeness (QED) is 0.324. The standard InChI is InChI=1S/C27H33N7O/c1-2-4-23(3-1)34-18-31-24-25(29-15-19-5-7-21(8-6-19)22-11-14-35-17-22)32-27(33-26(24)34)30-16-20-9-12-28-13-10-20/h5-8,11,14,17-18,20,23,28H,1-4,9-10,12-13,15-16H2,(H2,29,30,32,33). The summed E-state index contributed by atoms with van der Waals surface area (Å²) in [7, 11) is 0. The predicted molar refractivity (Wildman–Crippen MR) is 138 cm³/mol. The van der Waals surface area contributed by atoms with Crippen LogP contribution < -0.4 is 16.0 Å². The first-order chi connectivity index (χ1) is 17.3. The van der Waals surface area contributed by atoms with Crippen LogP contribution in [0.25, 0.3) is 22.3 Å². The van der Waals surface area contributed by atoms with Crippen LogP contribution in [0.1, 0.15) is 50.1 Å². The van der Waals surface area contributed by atoms with Crippen LogP contribution in [-0.4, -0.2) is 39.2 Å². The Labute approximate surface area is 205 Å².